The average molecular weight is 484 g/mol. The van der Waals surface area contributed by atoms with Crippen molar-refractivity contribution in [3.05, 3.63) is 87.4 Å². The van der Waals surface area contributed by atoms with Crippen LogP contribution in [0.4, 0.5) is 5.69 Å². The molecule has 0 saturated heterocycles. The Labute approximate surface area is 191 Å². The second-order valence-corrected chi connectivity index (χ2v) is 7.78. The van der Waals surface area contributed by atoms with Crippen molar-refractivity contribution >= 4 is 27.6 Å². The van der Waals surface area contributed by atoms with Crippen molar-refractivity contribution in [3.8, 4) is 11.5 Å². The molecule has 3 aromatic rings. The summed E-state index contributed by atoms with van der Waals surface area (Å²) < 4.78 is 17.7. The first kappa shape index (κ1) is 22.7. The summed E-state index contributed by atoms with van der Waals surface area (Å²) >= 11 is 3.64. The molecule has 0 spiro atoms. The van der Waals surface area contributed by atoms with Gasteiger partial charge in [0.25, 0.3) is 0 Å². The summed E-state index contributed by atoms with van der Waals surface area (Å²) in [6.45, 7) is 5.17. The highest BCUT2D eigenvalue weighted by molar-refractivity contribution is 9.10. The van der Waals surface area contributed by atoms with Crippen molar-refractivity contribution < 1.29 is 19.0 Å². The van der Waals surface area contributed by atoms with Gasteiger partial charge in [-0.05, 0) is 61.4 Å². The number of carbonyl (C=O) groups excluding carboxylic acids is 1. The second kappa shape index (κ2) is 10.9. The summed E-state index contributed by atoms with van der Waals surface area (Å²) in [5.74, 6) is 1.04. The molecular formula is C25H26BrNO4. The third-order valence-corrected chi connectivity index (χ3v) is 5.63. The number of hydrogen-bond acceptors (Lipinski definition) is 5. The highest BCUT2D eigenvalue weighted by atomic mass is 79.9. The van der Waals surface area contributed by atoms with Gasteiger partial charge in [-0.25, -0.2) is 4.79 Å². The average Bonchev–Trinajstić information content (AvgIpc) is 2.78. The zero-order valence-electron chi connectivity index (χ0n) is 17.9. The molecule has 0 aliphatic rings. The molecule has 5 nitrogen and oxygen atoms in total. The maximum atomic E-state index is 11.8. The zero-order valence-corrected chi connectivity index (χ0v) is 19.5. The second-order valence-electron chi connectivity index (χ2n) is 6.92. The summed E-state index contributed by atoms with van der Waals surface area (Å²) in [5, 5.41) is 3.38. The summed E-state index contributed by atoms with van der Waals surface area (Å²) in [5.41, 5.74) is 4.66. The summed E-state index contributed by atoms with van der Waals surface area (Å²) in [7, 11) is 1.63. The van der Waals surface area contributed by atoms with E-state index in [1.165, 1.54) is 5.56 Å². The molecule has 0 aliphatic heterocycles. The van der Waals surface area contributed by atoms with Gasteiger partial charge in [0.1, 0.15) is 6.61 Å². The van der Waals surface area contributed by atoms with Crippen molar-refractivity contribution in [2.24, 2.45) is 0 Å². The summed E-state index contributed by atoms with van der Waals surface area (Å²) in [6.07, 6.45) is 0. The number of esters is 1. The first-order valence-electron chi connectivity index (χ1n) is 10.1. The molecule has 0 aliphatic carbocycles. The molecular weight excluding hydrogens is 458 g/mol. The monoisotopic (exact) mass is 483 g/mol. The predicted octanol–water partition coefficient (Wildman–Crippen LogP) is 6.13. The van der Waals surface area contributed by atoms with E-state index in [0.29, 0.717) is 36.8 Å². The van der Waals surface area contributed by atoms with Crippen LogP contribution in [-0.2, 0) is 17.9 Å². The Bertz CT molecular complexity index is 1030. The normalized spacial score (nSPS) is 10.5. The number of carbonyl (C=O) groups is 1. The number of ether oxygens (including phenoxy) is 3. The number of methoxy groups -OCH3 is 1. The first-order valence-corrected chi connectivity index (χ1v) is 10.9. The molecule has 162 valence electrons. The minimum atomic E-state index is -0.323. The molecule has 0 aromatic heterocycles. The van der Waals surface area contributed by atoms with Crippen LogP contribution < -0.4 is 14.8 Å². The molecule has 0 unspecified atom stereocenters. The molecule has 0 radical (unpaired) electrons. The highest BCUT2D eigenvalue weighted by Gasteiger charge is 2.15. The SMILES string of the molecule is CCOC(=O)c1ccc(NCc2c(Br)ccc(OC)c2OCc2ccccc2C)cc1. The van der Waals surface area contributed by atoms with E-state index in [1.54, 1.807) is 26.2 Å². The molecule has 0 atom stereocenters. The lowest BCUT2D eigenvalue weighted by Gasteiger charge is -2.18. The minimum Gasteiger partial charge on any atom is -0.493 e. The first-order chi connectivity index (χ1) is 15.0. The van der Waals surface area contributed by atoms with Gasteiger partial charge in [-0.1, -0.05) is 40.2 Å². The fourth-order valence-corrected chi connectivity index (χ4v) is 3.57. The molecule has 6 heteroatoms. The molecule has 0 saturated carbocycles. The van der Waals surface area contributed by atoms with E-state index in [1.807, 2.05) is 36.4 Å². The number of hydrogen-bond donors (Lipinski definition) is 1. The fourth-order valence-electron chi connectivity index (χ4n) is 3.12. The number of halogens is 1. The smallest absolute Gasteiger partial charge is 0.338 e. The van der Waals surface area contributed by atoms with Crippen LogP contribution in [0.5, 0.6) is 11.5 Å². The third-order valence-electron chi connectivity index (χ3n) is 4.89. The van der Waals surface area contributed by atoms with Gasteiger partial charge in [0.05, 0.1) is 19.3 Å². The third kappa shape index (κ3) is 5.79. The number of anilines is 1. The fraction of sp³-hybridized carbons (Fsp3) is 0.240. The van der Waals surface area contributed by atoms with Crippen LogP contribution in [0.15, 0.2) is 65.1 Å². The van der Waals surface area contributed by atoms with Crippen LogP contribution in [-0.4, -0.2) is 19.7 Å². The van der Waals surface area contributed by atoms with Crippen LogP contribution in [0.3, 0.4) is 0 Å². The van der Waals surface area contributed by atoms with Gasteiger partial charge in [-0.15, -0.1) is 0 Å². The van der Waals surface area contributed by atoms with Gasteiger partial charge in [0.15, 0.2) is 11.5 Å². The van der Waals surface area contributed by atoms with Gasteiger partial charge in [-0.3, -0.25) is 0 Å². The largest absolute Gasteiger partial charge is 0.493 e. The van der Waals surface area contributed by atoms with Crippen LogP contribution in [0.2, 0.25) is 0 Å². The van der Waals surface area contributed by atoms with E-state index in [2.05, 4.69) is 40.3 Å². The molecule has 0 bridgehead atoms. The van der Waals surface area contributed by atoms with Crippen molar-refractivity contribution in [2.45, 2.75) is 27.0 Å². The predicted molar refractivity (Wildman–Crippen MR) is 126 cm³/mol. The molecule has 0 amide bonds. The zero-order chi connectivity index (χ0) is 22.2. The lowest BCUT2D eigenvalue weighted by molar-refractivity contribution is 0.0526. The lowest BCUT2D eigenvalue weighted by Crippen LogP contribution is -2.07. The molecule has 3 aromatic carbocycles. The Kier molecular flexibility index (Phi) is 7.95. The number of aryl methyl sites for hydroxylation is 1. The minimum absolute atomic E-state index is 0.323. The van der Waals surface area contributed by atoms with Crippen LogP contribution in [0, 0.1) is 6.92 Å². The lowest BCUT2D eigenvalue weighted by atomic mass is 10.1. The number of rotatable bonds is 9. The summed E-state index contributed by atoms with van der Waals surface area (Å²) in [6, 6.07) is 19.2. The Hall–Kier alpha value is -2.99. The van der Waals surface area contributed by atoms with Crippen molar-refractivity contribution in [1.82, 2.24) is 0 Å². The quantitative estimate of drug-likeness (QED) is 0.370. The highest BCUT2D eigenvalue weighted by Crippen LogP contribution is 2.37. The molecule has 0 fully saturated rings. The van der Waals surface area contributed by atoms with Crippen molar-refractivity contribution in [1.29, 1.82) is 0 Å². The van der Waals surface area contributed by atoms with Crippen molar-refractivity contribution in [3.63, 3.8) is 0 Å². The van der Waals surface area contributed by atoms with Crippen LogP contribution in [0.25, 0.3) is 0 Å². The maximum Gasteiger partial charge on any atom is 0.338 e. The topological polar surface area (TPSA) is 56.8 Å². The summed E-state index contributed by atoms with van der Waals surface area (Å²) in [4.78, 5) is 11.8. The van der Waals surface area contributed by atoms with Gasteiger partial charge < -0.3 is 19.5 Å². The van der Waals surface area contributed by atoms with E-state index in [4.69, 9.17) is 14.2 Å². The van der Waals surface area contributed by atoms with E-state index in [0.717, 1.165) is 21.3 Å². The van der Waals surface area contributed by atoms with Crippen molar-refractivity contribution in [2.75, 3.05) is 19.0 Å². The van der Waals surface area contributed by atoms with Crippen LogP contribution in [0.1, 0.15) is 34.0 Å². The molecule has 3 rings (SSSR count). The number of benzene rings is 3. The Morgan fingerprint density at radius 3 is 2.45 bits per heavy atom. The molecule has 31 heavy (non-hydrogen) atoms. The van der Waals surface area contributed by atoms with Crippen LogP contribution >= 0.6 is 15.9 Å². The molecule has 1 N–H and O–H groups in total. The standard InChI is InChI=1S/C25H26BrNO4/c1-4-30-25(28)18-9-11-20(12-10-18)27-15-21-22(26)13-14-23(29-3)24(21)31-16-19-8-6-5-7-17(19)2/h5-14,27H,4,15-16H2,1-3H3. The number of nitrogens with one attached hydrogen (secondary N) is 1. The maximum absolute atomic E-state index is 11.8. The van der Waals surface area contributed by atoms with E-state index in [9.17, 15) is 4.79 Å². The van der Waals surface area contributed by atoms with E-state index in [-0.39, 0.29) is 5.97 Å². The Morgan fingerprint density at radius 1 is 1.03 bits per heavy atom. The van der Waals surface area contributed by atoms with Gasteiger partial charge >= 0.3 is 5.97 Å². The molecule has 0 heterocycles. The van der Waals surface area contributed by atoms with E-state index < -0.39 is 0 Å². The van der Waals surface area contributed by atoms with Gasteiger partial charge in [0, 0.05) is 22.3 Å². The van der Waals surface area contributed by atoms with Gasteiger partial charge in [-0.2, -0.15) is 0 Å². The Morgan fingerprint density at radius 2 is 1.77 bits per heavy atom. The Balaban J connectivity index is 1.77. The van der Waals surface area contributed by atoms with Gasteiger partial charge in [0.2, 0.25) is 0 Å². The van der Waals surface area contributed by atoms with E-state index >= 15 is 0 Å².